The number of ether oxygens (including phenoxy) is 1. The van der Waals surface area contributed by atoms with Crippen LogP contribution in [0, 0.1) is 5.82 Å². The lowest BCUT2D eigenvalue weighted by molar-refractivity contribution is -0.0483. The second-order valence-electron chi connectivity index (χ2n) is 8.00. The Morgan fingerprint density at radius 3 is 3.00 bits per heavy atom. The molecule has 2 N–H and O–H groups in total. The average molecular weight is 441 g/mol. The number of hydrogen-bond donors (Lipinski definition) is 2. The predicted molar refractivity (Wildman–Crippen MR) is 113 cm³/mol. The lowest BCUT2D eigenvalue weighted by Crippen LogP contribution is -2.58. The van der Waals surface area contributed by atoms with Crippen LogP contribution < -0.4 is 10.2 Å². The van der Waals surface area contributed by atoms with Gasteiger partial charge < -0.3 is 25.0 Å². The predicted octanol–water partition coefficient (Wildman–Crippen LogP) is 1.90. The molecule has 2 fully saturated rings. The number of nitrogens with one attached hydrogen (secondary N) is 1. The van der Waals surface area contributed by atoms with Gasteiger partial charge >= 0.3 is 6.09 Å². The Hall–Kier alpha value is -3.31. The highest BCUT2D eigenvalue weighted by molar-refractivity contribution is 5.65. The Morgan fingerprint density at radius 1 is 1.28 bits per heavy atom. The molecule has 0 bridgehead atoms. The summed E-state index contributed by atoms with van der Waals surface area (Å²) in [5.74, 6) is 0.324. The maximum atomic E-state index is 13.9. The average Bonchev–Trinajstić information content (AvgIpc) is 3.23. The Bertz CT molecular complexity index is 1100. The minimum absolute atomic E-state index is 0.0973. The van der Waals surface area contributed by atoms with Crippen molar-refractivity contribution in [3.05, 3.63) is 54.6 Å². The van der Waals surface area contributed by atoms with Crippen LogP contribution >= 0.6 is 0 Å². The number of hydrogen-bond acceptors (Lipinski definition) is 7. The Labute approximate surface area is 183 Å². The van der Waals surface area contributed by atoms with Crippen LogP contribution in [0.2, 0.25) is 0 Å². The first kappa shape index (κ1) is 20.6. The topological polar surface area (TPSA) is 108 Å². The monoisotopic (exact) mass is 441 g/mol. The molecule has 168 valence electrons. The first-order valence-electron chi connectivity index (χ1n) is 10.6. The number of carbonyl (C=O) groups is 1. The molecule has 0 saturated carbocycles. The second kappa shape index (κ2) is 8.67. The van der Waals surface area contributed by atoms with Gasteiger partial charge in [-0.15, -0.1) is 0 Å². The van der Waals surface area contributed by atoms with Crippen LogP contribution in [0.3, 0.4) is 0 Å². The van der Waals surface area contributed by atoms with Crippen molar-refractivity contribution in [1.82, 2.24) is 29.6 Å². The van der Waals surface area contributed by atoms with Gasteiger partial charge in [0.15, 0.2) is 0 Å². The molecule has 3 aromatic rings. The van der Waals surface area contributed by atoms with Gasteiger partial charge in [-0.1, -0.05) is 0 Å². The summed E-state index contributed by atoms with van der Waals surface area (Å²) in [6, 6.07) is 4.71. The number of fused-ring (bicyclic) bond motifs is 1. The third-order valence-electron chi connectivity index (χ3n) is 6.00. The highest BCUT2D eigenvalue weighted by Crippen LogP contribution is 2.29. The number of rotatable bonds is 4. The molecular weight excluding hydrogens is 417 g/mol. The molecule has 3 unspecified atom stereocenters. The zero-order chi connectivity index (χ0) is 22.1. The van der Waals surface area contributed by atoms with Crippen molar-refractivity contribution in [1.29, 1.82) is 0 Å². The van der Waals surface area contributed by atoms with Crippen LogP contribution in [-0.2, 0) is 4.74 Å². The van der Waals surface area contributed by atoms with E-state index in [2.05, 4.69) is 20.3 Å². The molecule has 2 aliphatic rings. The Morgan fingerprint density at radius 2 is 2.19 bits per heavy atom. The lowest BCUT2D eigenvalue weighted by Gasteiger charge is -2.45. The van der Waals surface area contributed by atoms with E-state index in [1.165, 1.54) is 23.5 Å². The van der Waals surface area contributed by atoms with Crippen molar-refractivity contribution in [3.63, 3.8) is 0 Å². The van der Waals surface area contributed by atoms with E-state index in [1.807, 2.05) is 4.90 Å². The number of halogens is 1. The van der Waals surface area contributed by atoms with Crippen molar-refractivity contribution < 1.29 is 19.0 Å². The summed E-state index contributed by atoms with van der Waals surface area (Å²) >= 11 is 0. The summed E-state index contributed by atoms with van der Waals surface area (Å²) < 4.78 is 22.1. The van der Waals surface area contributed by atoms with Gasteiger partial charge in [0.2, 0.25) is 0 Å². The number of imidazole rings is 1. The molecule has 5 heterocycles. The maximum absolute atomic E-state index is 13.9. The molecule has 11 heteroatoms. The number of morpholine rings is 1. The van der Waals surface area contributed by atoms with Gasteiger partial charge in [0.25, 0.3) is 0 Å². The first-order valence-corrected chi connectivity index (χ1v) is 10.6. The zero-order valence-electron chi connectivity index (χ0n) is 17.3. The second-order valence-corrected chi connectivity index (χ2v) is 8.00. The molecule has 0 aromatic carbocycles. The van der Waals surface area contributed by atoms with Gasteiger partial charge in [0, 0.05) is 38.6 Å². The molecule has 0 aliphatic carbocycles. The van der Waals surface area contributed by atoms with Crippen LogP contribution in [0.1, 0.15) is 24.6 Å². The molecule has 3 atom stereocenters. The smallest absolute Gasteiger partial charge is 0.407 e. The maximum Gasteiger partial charge on any atom is 0.407 e. The van der Waals surface area contributed by atoms with Crippen LogP contribution in [0.15, 0.2) is 43.1 Å². The fourth-order valence-electron chi connectivity index (χ4n) is 4.54. The van der Waals surface area contributed by atoms with Gasteiger partial charge in [0.05, 0.1) is 17.9 Å². The van der Waals surface area contributed by atoms with E-state index in [-0.39, 0.29) is 18.0 Å². The van der Waals surface area contributed by atoms with E-state index in [0.717, 1.165) is 18.5 Å². The van der Waals surface area contributed by atoms with Crippen LogP contribution in [0.5, 0.6) is 0 Å². The summed E-state index contributed by atoms with van der Waals surface area (Å²) in [6.45, 7) is 1.97. The summed E-state index contributed by atoms with van der Waals surface area (Å²) in [4.78, 5) is 27.9. The highest BCUT2D eigenvalue weighted by Gasteiger charge is 2.37. The molecule has 2 saturated heterocycles. The molecule has 5 rings (SSSR count). The normalized spacial score (nSPS) is 23.9. The number of piperidine rings is 1. The molecule has 3 aromatic heterocycles. The Kier molecular flexibility index (Phi) is 5.58. The lowest BCUT2D eigenvalue weighted by atomic mass is 10.0. The van der Waals surface area contributed by atoms with Gasteiger partial charge in [-0.25, -0.2) is 24.1 Å². The van der Waals surface area contributed by atoms with Gasteiger partial charge in [0.1, 0.15) is 35.9 Å². The van der Waals surface area contributed by atoms with E-state index in [1.54, 1.807) is 28.9 Å². The van der Waals surface area contributed by atoms with Crippen molar-refractivity contribution in [2.24, 2.45) is 0 Å². The van der Waals surface area contributed by atoms with E-state index >= 15 is 0 Å². The summed E-state index contributed by atoms with van der Waals surface area (Å²) in [5.41, 5.74) is 1.39. The standard InChI is InChI=1S/C21H24FN7O3/c22-14-3-4-18-25-8-16(28(18)11-14)17-9-24-10-20(32-17)29(19-5-6-23-13-26-19)15-2-1-7-27(12-15)21(30)31/h3-6,8,11,13,15,17,20,24H,1-2,7,9-10,12H2,(H,30,31). The number of anilines is 1. The third-order valence-corrected chi connectivity index (χ3v) is 6.00. The van der Waals surface area contributed by atoms with Crippen LogP contribution in [0.25, 0.3) is 5.65 Å². The van der Waals surface area contributed by atoms with Crippen molar-refractivity contribution in [2.45, 2.75) is 31.2 Å². The molecule has 0 spiro atoms. The fraction of sp³-hybridized carbons (Fsp3) is 0.429. The van der Waals surface area contributed by atoms with E-state index in [9.17, 15) is 14.3 Å². The molecule has 0 radical (unpaired) electrons. The summed E-state index contributed by atoms with van der Waals surface area (Å²) in [7, 11) is 0. The number of amides is 1. The molecular formula is C21H24FN7O3. The van der Waals surface area contributed by atoms with E-state index < -0.39 is 12.3 Å². The molecule has 32 heavy (non-hydrogen) atoms. The Balaban J connectivity index is 1.45. The summed E-state index contributed by atoms with van der Waals surface area (Å²) in [5, 5.41) is 12.9. The molecule has 1 amide bonds. The van der Waals surface area contributed by atoms with Crippen LogP contribution in [0.4, 0.5) is 15.0 Å². The number of nitrogens with zero attached hydrogens (tertiary/aromatic N) is 6. The fourth-order valence-corrected chi connectivity index (χ4v) is 4.54. The minimum Gasteiger partial charge on any atom is -0.465 e. The minimum atomic E-state index is -0.925. The zero-order valence-corrected chi connectivity index (χ0v) is 17.3. The molecule has 10 nitrogen and oxygen atoms in total. The number of likely N-dealkylation sites (tertiary alicyclic amines) is 1. The van der Waals surface area contributed by atoms with Gasteiger partial charge in [-0.3, -0.25) is 4.40 Å². The third kappa shape index (κ3) is 3.96. The molecule has 2 aliphatic heterocycles. The van der Waals surface area contributed by atoms with Crippen molar-refractivity contribution in [2.75, 3.05) is 31.1 Å². The SMILES string of the molecule is O=C(O)N1CCCC(N(c2ccncn2)C2CNCC(c3cnc4ccc(F)cn34)O2)C1. The number of carboxylic acid groups (broad SMARTS) is 1. The number of aromatic nitrogens is 4. The first-order chi connectivity index (χ1) is 15.6. The van der Waals surface area contributed by atoms with Crippen molar-refractivity contribution in [3.8, 4) is 0 Å². The van der Waals surface area contributed by atoms with Crippen molar-refractivity contribution >= 4 is 17.6 Å². The highest BCUT2D eigenvalue weighted by atomic mass is 19.1. The van der Waals surface area contributed by atoms with E-state index in [0.29, 0.717) is 37.6 Å². The summed E-state index contributed by atoms with van der Waals surface area (Å²) in [6.07, 6.45) is 6.12. The van der Waals surface area contributed by atoms with Gasteiger partial charge in [-0.2, -0.15) is 0 Å². The quantitative estimate of drug-likeness (QED) is 0.632. The number of pyridine rings is 1. The van der Waals surface area contributed by atoms with Gasteiger partial charge in [-0.05, 0) is 31.0 Å². The van der Waals surface area contributed by atoms with E-state index in [4.69, 9.17) is 4.74 Å². The van der Waals surface area contributed by atoms with Crippen LogP contribution in [-0.4, -0.2) is 73.9 Å². The largest absolute Gasteiger partial charge is 0.465 e.